The van der Waals surface area contributed by atoms with Gasteiger partial charge in [-0.05, 0) is 6.42 Å². The van der Waals surface area contributed by atoms with Crippen molar-refractivity contribution in [2.45, 2.75) is 50.9 Å². The van der Waals surface area contributed by atoms with Gasteiger partial charge in [0.15, 0.2) is 17.3 Å². The van der Waals surface area contributed by atoms with E-state index in [0.717, 1.165) is 0 Å². The standard InChI is InChI=1S/C17H28O11/c1-2-3-4-5-9(13(24)10(21)6-18)17(16(27)28,14(25)11(22)7-19)15(26)12(23)8-20/h9-12,18-23H,2-8H2,1H3,(H,27,28)/p-1. The predicted molar refractivity (Wildman–Crippen MR) is 89.4 cm³/mol. The molecule has 162 valence electrons. The first kappa shape index (κ1) is 26.2. The molecule has 11 heteroatoms. The zero-order valence-corrected chi connectivity index (χ0v) is 15.5. The van der Waals surface area contributed by atoms with E-state index in [4.69, 9.17) is 15.3 Å². The molecule has 0 aromatic carbocycles. The summed E-state index contributed by atoms with van der Waals surface area (Å²) < 4.78 is 0. The van der Waals surface area contributed by atoms with Crippen LogP contribution in [0.5, 0.6) is 0 Å². The zero-order valence-electron chi connectivity index (χ0n) is 15.5. The highest BCUT2D eigenvalue weighted by molar-refractivity contribution is 6.26. The summed E-state index contributed by atoms with van der Waals surface area (Å²) in [6.45, 7) is -1.96. The van der Waals surface area contributed by atoms with Crippen molar-refractivity contribution in [3.63, 3.8) is 0 Å². The molecule has 0 radical (unpaired) electrons. The zero-order chi connectivity index (χ0) is 22.1. The molecule has 6 N–H and O–H groups in total. The number of aliphatic hydroxyl groups is 6. The van der Waals surface area contributed by atoms with Gasteiger partial charge in [0.2, 0.25) is 0 Å². The Balaban J connectivity index is 6.71. The van der Waals surface area contributed by atoms with Gasteiger partial charge in [-0.2, -0.15) is 0 Å². The van der Waals surface area contributed by atoms with E-state index in [-0.39, 0.29) is 6.42 Å². The second-order valence-electron chi connectivity index (χ2n) is 6.37. The largest absolute Gasteiger partial charge is 0.549 e. The molecule has 0 heterocycles. The highest BCUT2D eigenvalue weighted by Gasteiger charge is 2.58. The average Bonchev–Trinajstić information content (AvgIpc) is 2.69. The first-order valence-electron chi connectivity index (χ1n) is 8.78. The first-order valence-corrected chi connectivity index (χ1v) is 8.78. The van der Waals surface area contributed by atoms with Gasteiger partial charge in [-0.15, -0.1) is 0 Å². The predicted octanol–water partition coefficient (Wildman–Crippen LogP) is -4.31. The highest BCUT2D eigenvalue weighted by Crippen LogP contribution is 2.38. The smallest absolute Gasteiger partial charge is 0.183 e. The van der Waals surface area contributed by atoms with Crippen molar-refractivity contribution >= 4 is 23.3 Å². The molecular weight excluding hydrogens is 380 g/mol. The molecule has 0 saturated carbocycles. The minimum atomic E-state index is -3.48. The highest BCUT2D eigenvalue weighted by atomic mass is 16.4. The number of carbonyl (C=O) groups is 4. The van der Waals surface area contributed by atoms with Crippen LogP contribution >= 0.6 is 0 Å². The number of carbonyl (C=O) groups excluding carboxylic acids is 4. The van der Waals surface area contributed by atoms with Crippen LogP contribution in [-0.2, 0) is 19.2 Å². The molecular formula is C17H27O11-. The summed E-state index contributed by atoms with van der Waals surface area (Å²) in [7, 11) is 0. The van der Waals surface area contributed by atoms with Crippen LogP contribution in [0, 0.1) is 11.3 Å². The summed E-state index contributed by atoms with van der Waals surface area (Å²) in [5.41, 5.74) is -3.48. The van der Waals surface area contributed by atoms with Crippen molar-refractivity contribution in [2.75, 3.05) is 19.8 Å². The van der Waals surface area contributed by atoms with Crippen molar-refractivity contribution in [3.8, 4) is 0 Å². The number of unbranched alkanes of at least 4 members (excludes halogenated alkanes) is 2. The third-order valence-electron chi connectivity index (χ3n) is 4.51. The van der Waals surface area contributed by atoms with Crippen LogP contribution in [0.15, 0.2) is 0 Å². The normalized spacial score (nSPS) is 17.8. The van der Waals surface area contributed by atoms with Crippen LogP contribution in [-0.4, -0.2) is 92.1 Å². The summed E-state index contributed by atoms with van der Waals surface area (Å²) in [6, 6.07) is 0. The quantitative estimate of drug-likeness (QED) is 0.113. The number of ketones is 3. The fourth-order valence-electron chi connectivity index (χ4n) is 2.99. The number of hydrogen-bond acceptors (Lipinski definition) is 11. The van der Waals surface area contributed by atoms with Gasteiger partial charge in [0.25, 0.3) is 0 Å². The molecule has 0 bridgehead atoms. The molecule has 0 rings (SSSR count). The van der Waals surface area contributed by atoms with Gasteiger partial charge in [-0.3, -0.25) is 14.4 Å². The molecule has 0 amide bonds. The van der Waals surface area contributed by atoms with E-state index < -0.39 is 79.2 Å². The minimum absolute atomic E-state index is 0.116. The Hall–Kier alpha value is -1.76. The van der Waals surface area contributed by atoms with Crippen molar-refractivity contribution in [1.29, 1.82) is 0 Å². The van der Waals surface area contributed by atoms with Crippen LogP contribution in [0.25, 0.3) is 0 Å². The molecule has 4 atom stereocenters. The summed E-state index contributed by atoms with van der Waals surface area (Å²) in [5.74, 6) is -9.60. The van der Waals surface area contributed by atoms with E-state index in [1.54, 1.807) is 6.92 Å². The minimum Gasteiger partial charge on any atom is -0.549 e. The second-order valence-corrected chi connectivity index (χ2v) is 6.37. The molecule has 0 aromatic heterocycles. The molecule has 4 unspecified atom stereocenters. The number of carboxylic acids is 1. The van der Waals surface area contributed by atoms with E-state index in [0.29, 0.717) is 12.8 Å². The second kappa shape index (κ2) is 11.9. The van der Waals surface area contributed by atoms with Crippen LogP contribution in [0.1, 0.15) is 32.6 Å². The first-order chi connectivity index (χ1) is 13.1. The Bertz CT molecular complexity index is 537. The Kier molecular flexibility index (Phi) is 11.2. The van der Waals surface area contributed by atoms with Crippen LogP contribution in [0.4, 0.5) is 0 Å². The van der Waals surface area contributed by atoms with Crippen LogP contribution in [0.2, 0.25) is 0 Å². The summed E-state index contributed by atoms with van der Waals surface area (Å²) in [5, 5.41) is 68.2. The Morgan fingerprint density at radius 2 is 1.25 bits per heavy atom. The molecule has 0 spiro atoms. The number of aliphatic hydroxyl groups excluding tert-OH is 6. The summed E-state index contributed by atoms with van der Waals surface area (Å²) >= 11 is 0. The molecule has 0 saturated heterocycles. The molecule has 0 aliphatic carbocycles. The lowest BCUT2D eigenvalue weighted by atomic mass is 9.62. The number of rotatable bonds is 15. The molecule has 0 aliphatic rings. The van der Waals surface area contributed by atoms with E-state index in [2.05, 4.69) is 0 Å². The molecule has 0 aliphatic heterocycles. The lowest BCUT2D eigenvalue weighted by Gasteiger charge is -2.40. The van der Waals surface area contributed by atoms with Crippen molar-refractivity contribution < 1.29 is 54.9 Å². The molecule has 28 heavy (non-hydrogen) atoms. The molecule has 11 nitrogen and oxygen atoms in total. The Labute approximate surface area is 161 Å². The van der Waals surface area contributed by atoms with Gasteiger partial charge < -0.3 is 40.5 Å². The SMILES string of the molecule is CCCCCC(C(=O)C(O)CO)C(C(=O)[O-])(C(=O)C(O)CO)C(=O)C(O)CO. The van der Waals surface area contributed by atoms with Gasteiger partial charge in [-0.25, -0.2) is 0 Å². The van der Waals surface area contributed by atoms with E-state index >= 15 is 0 Å². The van der Waals surface area contributed by atoms with Gasteiger partial charge in [0, 0.05) is 5.92 Å². The third-order valence-corrected chi connectivity index (χ3v) is 4.51. The van der Waals surface area contributed by atoms with Crippen molar-refractivity contribution in [1.82, 2.24) is 0 Å². The van der Waals surface area contributed by atoms with E-state index in [9.17, 15) is 39.6 Å². The number of aliphatic carboxylic acids is 1. The fourth-order valence-corrected chi connectivity index (χ4v) is 2.99. The Morgan fingerprint density at radius 1 is 0.821 bits per heavy atom. The Morgan fingerprint density at radius 3 is 1.57 bits per heavy atom. The topological polar surface area (TPSA) is 213 Å². The maximum absolute atomic E-state index is 12.6. The summed E-state index contributed by atoms with van der Waals surface area (Å²) in [6.07, 6.45) is -6.27. The van der Waals surface area contributed by atoms with Gasteiger partial charge in [0.1, 0.15) is 23.7 Å². The van der Waals surface area contributed by atoms with Gasteiger partial charge >= 0.3 is 0 Å². The van der Waals surface area contributed by atoms with Gasteiger partial charge in [-0.1, -0.05) is 26.2 Å². The number of Topliss-reactive ketones (excluding diaryl/α,β-unsaturated/α-hetero) is 3. The maximum Gasteiger partial charge on any atom is 0.183 e. The van der Waals surface area contributed by atoms with E-state index in [1.165, 1.54) is 0 Å². The van der Waals surface area contributed by atoms with Crippen LogP contribution < -0.4 is 5.11 Å². The summed E-state index contributed by atoms with van der Waals surface area (Å²) in [4.78, 5) is 49.9. The van der Waals surface area contributed by atoms with E-state index in [1.807, 2.05) is 0 Å². The van der Waals surface area contributed by atoms with Crippen molar-refractivity contribution in [2.24, 2.45) is 11.3 Å². The van der Waals surface area contributed by atoms with Gasteiger partial charge in [0.05, 0.1) is 25.8 Å². The van der Waals surface area contributed by atoms with Crippen LogP contribution in [0.3, 0.4) is 0 Å². The maximum atomic E-state index is 12.6. The third kappa shape index (κ3) is 5.40. The lowest BCUT2D eigenvalue weighted by Crippen LogP contribution is -2.65. The lowest BCUT2D eigenvalue weighted by molar-refractivity contribution is -0.317. The van der Waals surface area contributed by atoms with Crippen molar-refractivity contribution in [3.05, 3.63) is 0 Å². The molecule has 0 fully saturated rings. The number of carboxylic acid groups (broad SMARTS) is 1. The monoisotopic (exact) mass is 407 g/mol. The number of hydrogen-bond donors (Lipinski definition) is 6. The molecule has 0 aromatic rings. The fraction of sp³-hybridized carbons (Fsp3) is 0.765. The average molecular weight is 407 g/mol.